The van der Waals surface area contributed by atoms with Gasteiger partial charge in [0.25, 0.3) is 0 Å². The maximum atomic E-state index is 13.4. The van der Waals surface area contributed by atoms with E-state index in [1.165, 1.54) is 0 Å². The number of amides is 1. The first kappa shape index (κ1) is 18.0. The highest BCUT2D eigenvalue weighted by molar-refractivity contribution is 9.10. The van der Waals surface area contributed by atoms with E-state index >= 15 is 0 Å². The summed E-state index contributed by atoms with van der Waals surface area (Å²) in [5, 5.41) is 10.1. The standard InChI is InChI=1S/C20H23BrN2O2/c1-22(2)13-23(15-11-9-14(21)10-12-15)20(25)18-7-3-6-17-16(18)5-4-8-19(17)24/h4-5,8-12,18,24H,3,6-7,13H2,1-2H3. The number of anilines is 1. The topological polar surface area (TPSA) is 43.8 Å². The number of halogens is 1. The minimum Gasteiger partial charge on any atom is -0.508 e. The number of phenols is 1. The number of benzene rings is 2. The van der Waals surface area contributed by atoms with Gasteiger partial charge in [-0.3, -0.25) is 14.6 Å². The molecular weight excluding hydrogens is 380 g/mol. The average Bonchev–Trinajstić information content (AvgIpc) is 2.60. The molecule has 2 aromatic carbocycles. The summed E-state index contributed by atoms with van der Waals surface area (Å²) < 4.78 is 0.987. The van der Waals surface area contributed by atoms with Crippen LogP contribution in [0.1, 0.15) is 29.9 Å². The highest BCUT2D eigenvalue weighted by Crippen LogP contribution is 2.38. The van der Waals surface area contributed by atoms with Crippen molar-refractivity contribution >= 4 is 27.5 Å². The molecule has 0 aromatic heterocycles. The molecule has 0 aliphatic heterocycles. The summed E-state index contributed by atoms with van der Waals surface area (Å²) in [5.41, 5.74) is 2.78. The van der Waals surface area contributed by atoms with Crippen molar-refractivity contribution < 1.29 is 9.90 Å². The number of carbonyl (C=O) groups excluding carboxylic acids is 1. The Morgan fingerprint density at radius 3 is 2.60 bits per heavy atom. The van der Waals surface area contributed by atoms with E-state index in [2.05, 4.69) is 15.9 Å². The minimum absolute atomic E-state index is 0.0857. The number of phenolic OH excluding ortho intramolecular Hbond substituents is 1. The third-order valence-electron chi connectivity index (χ3n) is 4.61. The number of aromatic hydroxyl groups is 1. The molecule has 5 heteroatoms. The molecule has 1 atom stereocenters. The van der Waals surface area contributed by atoms with Gasteiger partial charge in [0.1, 0.15) is 5.75 Å². The molecule has 0 saturated carbocycles. The van der Waals surface area contributed by atoms with Crippen LogP contribution in [-0.2, 0) is 11.2 Å². The van der Waals surface area contributed by atoms with Crippen LogP contribution in [0, 0.1) is 0 Å². The number of hydrogen-bond donors (Lipinski definition) is 1. The van der Waals surface area contributed by atoms with Crippen molar-refractivity contribution in [2.75, 3.05) is 25.7 Å². The molecular formula is C20H23BrN2O2. The van der Waals surface area contributed by atoms with Gasteiger partial charge >= 0.3 is 0 Å². The second-order valence-corrected chi connectivity index (χ2v) is 7.67. The van der Waals surface area contributed by atoms with Gasteiger partial charge in [-0.25, -0.2) is 0 Å². The maximum absolute atomic E-state index is 13.4. The summed E-state index contributed by atoms with van der Waals surface area (Å²) in [5.74, 6) is 0.180. The molecule has 0 saturated heterocycles. The lowest BCUT2D eigenvalue weighted by Crippen LogP contribution is -2.42. The molecule has 1 amide bonds. The van der Waals surface area contributed by atoms with Crippen LogP contribution in [0.15, 0.2) is 46.9 Å². The molecule has 2 aromatic rings. The van der Waals surface area contributed by atoms with Crippen molar-refractivity contribution in [3.63, 3.8) is 0 Å². The fourth-order valence-corrected chi connectivity index (χ4v) is 3.72. The zero-order valence-corrected chi connectivity index (χ0v) is 16.2. The van der Waals surface area contributed by atoms with E-state index < -0.39 is 0 Å². The second kappa shape index (κ2) is 7.58. The summed E-state index contributed by atoms with van der Waals surface area (Å²) in [6, 6.07) is 13.3. The Morgan fingerprint density at radius 1 is 1.20 bits per heavy atom. The van der Waals surface area contributed by atoms with E-state index in [1.54, 1.807) is 6.07 Å². The first-order valence-electron chi connectivity index (χ1n) is 8.50. The number of rotatable bonds is 4. The summed E-state index contributed by atoms with van der Waals surface area (Å²) in [6.07, 6.45) is 2.56. The van der Waals surface area contributed by atoms with E-state index in [0.29, 0.717) is 12.4 Å². The SMILES string of the molecule is CN(C)CN(C(=O)C1CCCc2c(O)cccc21)c1ccc(Br)cc1. The van der Waals surface area contributed by atoms with Gasteiger partial charge in [-0.05, 0) is 74.8 Å². The monoisotopic (exact) mass is 402 g/mol. The van der Waals surface area contributed by atoms with Crippen molar-refractivity contribution in [2.24, 2.45) is 0 Å². The molecule has 1 aliphatic rings. The summed E-state index contributed by atoms with van der Waals surface area (Å²) in [4.78, 5) is 17.2. The van der Waals surface area contributed by atoms with Crippen LogP contribution in [0.2, 0.25) is 0 Å². The Bertz CT molecular complexity index is 759. The molecule has 0 spiro atoms. The average molecular weight is 403 g/mol. The van der Waals surface area contributed by atoms with Crippen LogP contribution >= 0.6 is 15.9 Å². The molecule has 0 bridgehead atoms. The summed E-state index contributed by atoms with van der Waals surface area (Å²) in [6.45, 7) is 0.519. The molecule has 0 heterocycles. The fraction of sp³-hybridized carbons (Fsp3) is 0.350. The molecule has 25 heavy (non-hydrogen) atoms. The van der Waals surface area contributed by atoms with Gasteiger partial charge in [0.2, 0.25) is 5.91 Å². The molecule has 1 N–H and O–H groups in total. The first-order chi connectivity index (χ1) is 12.0. The highest BCUT2D eigenvalue weighted by atomic mass is 79.9. The van der Waals surface area contributed by atoms with Crippen molar-refractivity contribution in [1.82, 2.24) is 4.90 Å². The Morgan fingerprint density at radius 2 is 1.92 bits per heavy atom. The Balaban J connectivity index is 1.96. The molecule has 0 radical (unpaired) electrons. The predicted octanol–water partition coefficient (Wildman–Crippen LogP) is 4.13. The second-order valence-electron chi connectivity index (χ2n) is 6.75. The van der Waals surface area contributed by atoms with E-state index in [1.807, 2.05) is 60.3 Å². The van der Waals surface area contributed by atoms with Crippen molar-refractivity contribution in [1.29, 1.82) is 0 Å². The van der Waals surface area contributed by atoms with Crippen LogP contribution in [0.25, 0.3) is 0 Å². The lowest BCUT2D eigenvalue weighted by Gasteiger charge is -2.32. The normalized spacial score (nSPS) is 16.6. The van der Waals surface area contributed by atoms with Gasteiger partial charge in [0.15, 0.2) is 0 Å². The van der Waals surface area contributed by atoms with Crippen LogP contribution < -0.4 is 4.90 Å². The van der Waals surface area contributed by atoms with Crippen LogP contribution in [0.5, 0.6) is 5.75 Å². The number of nitrogens with zero attached hydrogens (tertiary/aromatic N) is 2. The van der Waals surface area contributed by atoms with E-state index in [-0.39, 0.29) is 11.8 Å². The van der Waals surface area contributed by atoms with Gasteiger partial charge in [0.05, 0.1) is 12.6 Å². The lowest BCUT2D eigenvalue weighted by molar-refractivity contribution is -0.120. The Labute approximate surface area is 157 Å². The lowest BCUT2D eigenvalue weighted by atomic mass is 9.81. The number of hydrogen-bond acceptors (Lipinski definition) is 3. The largest absolute Gasteiger partial charge is 0.508 e. The van der Waals surface area contributed by atoms with Crippen molar-refractivity contribution in [3.8, 4) is 5.75 Å². The zero-order chi connectivity index (χ0) is 18.0. The number of carbonyl (C=O) groups is 1. The van der Waals surface area contributed by atoms with Crippen LogP contribution in [-0.4, -0.2) is 36.7 Å². The third kappa shape index (κ3) is 3.88. The minimum atomic E-state index is -0.209. The molecule has 132 valence electrons. The predicted molar refractivity (Wildman–Crippen MR) is 104 cm³/mol. The maximum Gasteiger partial charge on any atom is 0.235 e. The van der Waals surface area contributed by atoms with E-state index in [0.717, 1.165) is 40.5 Å². The molecule has 4 nitrogen and oxygen atoms in total. The van der Waals surface area contributed by atoms with Crippen molar-refractivity contribution in [2.45, 2.75) is 25.2 Å². The smallest absolute Gasteiger partial charge is 0.235 e. The molecule has 3 rings (SSSR count). The summed E-state index contributed by atoms with van der Waals surface area (Å²) in [7, 11) is 3.92. The van der Waals surface area contributed by atoms with E-state index in [4.69, 9.17) is 0 Å². The number of fused-ring (bicyclic) bond motifs is 1. The van der Waals surface area contributed by atoms with Crippen molar-refractivity contribution in [3.05, 3.63) is 58.1 Å². The third-order valence-corrected chi connectivity index (χ3v) is 5.14. The van der Waals surface area contributed by atoms with Crippen LogP contribution in [0.4, 0.5) is 5.69 Å². The Kier molecular flexibility index (Phi) is 5.45. The molecule has 0 fully saturated rings. The Hall–Kier alpha value is -1.85. The van der Waals surface area contributed by atoms with Gasteiger partial charge in [-0.1, -0.05) is 28.1 Å². The zero-order valence-electron chi connectivity index (χ0n) is 14.6. The molecule has 1 unspecified atom stereocenters. The molecule has 1 aliphatic carbocycles. The van der Waals surface area contributed by atoms with Crippen LogP contribution in [0.3, 0.4) is 0 Å². The summed E-state index contributed by atoms with van der Waals surface area (Å²) >= 11 is 3.45. The van der Waals surface area contributed by atoms with Gasteiger partial charge in [-0.2, -0.15) is 0 Å². The van der Waals surface area contributed by atoms with Gasteiger partial charge in [0, 0.05) is 10.2 Å². The van der Waals surface area contributed by atoms with E-state index in [9.17, 15) is 9.90 Å². The fourth-order valence-electron chi connectivity index (χ4n) is 3.46. The van der Waals surface area contributed by atoms with Gasteiger partial charge in [-0.15, -0.1) is 0 Å². The quantitative estimate of drug-likeness (QED) is 0.781. The first-order valence-corrected chi connectivity index (χ1v) is 9.29. The highest BCUT2D eigenvalue weighted by Gasteiger charge is 2.32. The van der Waals surface area contributed by atoms with Gasteiger partial charge < -0.3 is 5.11 Å².